The molecule has 0 unspecified atom stereocenters. The van der Waals surface area contributed by atoms with E-state index in [0.29, 0.717) is 16.7 Å². The molecule has 0 N–H and O–H groups in total. The zero-order valence-corrected chi connectivity index (χ0v) is 13.2. The summed E-state index contributed by atoms with van der Waals surface area (Å²) in [6, 6.07) is 17.4. The molecule has 0 atom stereocenters. The van der Waals surface area contributed by atoms with E-state index in [-0.39, 0.29) is 0 Å². The molecule has 1 heterocycles. The monoisotopic (exact) mass is 360 g/mol. The van der Waals surface area contributed by atoms with Gasteiger partial charge in [0.2, 0.25) is 5.82 Å². The van der Waals surface area contributed by atoms with Crippen molar-refractivity contribution in [3.8, 4) is 11.4 Å². The Labute approximate surface area is 135 Å². The van der Waals surface area contributed by atoms with E-state index in [1.54, 1.807) is 6.08 Å². The Kier molecular flexibility index (Phi) is 4.18. The Hall–Kier alpha value is -1.91. The van der Waals surface area contributed by atoms with Crippen molar-refractivity contribution in [2.75, 3.05) is 0 Å². The molecular weight excluding hydrogens is 352 g/mol. The Morgan fingerprint density at radius 2 is 1.90 bits per heavy atom. The third-order valence-electron chi connectivity index (χ3n) is 2.80. The van der Waals surface area contributed by atoms with Gasteiger partial charge in [0.15, 0.2) is 0 Å². The topological polar surface area (TPSA) is 38.9 Å². The summed E-state index contributed by atoms with van der Waals surface area (Å²) >= 11 is 9.66. The van der Waals surface area contributed by atoms with E-state index in [9.17, 15) is 0 Å². The predicted molar refractivity (Wildman–Crippen MR) is 87.6 cm³/mol. The second-order valence-corrected chi connectivity index (χ2v) is 5.66. The molecule has 0 amide bonds. The molecule has 3 aromatic rings. The summed E-state index contributed by atoms with van der Waals surface area (Å²) in [6.45, 7) is 0. The smallest absolute Gasteiger partial charge is 0.269 e. The van der Waals surface area contributed by atoms with Crippen molar-refractivity contribution in [3.63, 3.8) is 0 Å². The van der Waals surface area contributed by atoms with Crippen LogP contribution in [0.3, 0.4) is 0 Å². The van der Waals surface area contributed by atoms with Crippen LogP contribution < -0.4 is 0 Å². The lowest BCUT2D eigenvalue weighted by Crippen LogP contribution is -1.81. The molecule has 0 aliphatic rings. The maximum atomic E-state index is 6.24. The van der Waals surface area contributed by atoms with Crippen LogP contribution in [0.4, 0.5) is 0 Å². The van der Waals surface area contributed by atoms with Crippen LogP contribution >= 0.6 is 27.5 Å². The molecule has 0 fully saturated rings. The Bertz CT molecular complexity index is 784. The van der Waals surface area contributed by atoms with Crippen LogP contribution in [-0.2, 0) is 0 Å². The SMILES string of the molecule is Cl/C(=C\c1cccc(Br)c1)c1nc(-c2ccccc2)no1. The second kappa shape index (κ2) is 6.24. The number of aromatic nitrogens is 2. The molecule has 2 aromatic carbocycles. The van der Waals surface area contributed by atoms with Crippen molar-refractivity contribution in [3.05, 3.63) is 70.5 Å². The lowest BCUT2D eigenvalue weighted by atomic mass is 10.2. The predicted octanol–water partition coefficient (Wildman–Crippen LogP) is 5.24. The maximum Gasteiger partial charge on any atom is 0.269 e. The first-order valence-corrected chi connectivity index (χ1v) is 7.42. The van der Waals surface area contributed by atoms with E-state index in [1.807, 2.05) is 54.6 Å². The van der Waals surface area contributed by atoms with Gasteiger partial charge in [-0.05, 0) is 23.8 Å². The summed E-state index contributed by atoms with van der Waals surface area (Å²) in [5.41, 5.74) is 1.84. The fourth-order valence-electron chi connectivity index (χ4n) is 1.83. The lowest BCUT2D eigenvalue weighted by Gasteiger charge is -1.95. The highest BCUT2D eigenvalue weighted by Gasteiger charge is 2.11. The molecule has 0 bridgehead atoms. The van der Waals surface area contributed by atoms with E-state index in [4.69, 9.17) is 16.1 Å². The molecule has 0 saturated carbocycles. The first kappa shape index (κ1) is 14.0. The number of hydrogen-bond donors (Lipinski definition) is 0. The normalized spacial score (nSPS) is 11.6. The number of nitrogens with zero attached hydrogens (tertiary/aromatic N) is 2. The fraction of sp³-hybridized carbons (Fsp3) is 0. The minimum absolute atomic E-state index is 0.301. The number of hydrogen-bond acceptors (Lipinski definition) is 3. The van der Waals surface area contributed by atoms with Crippen molar-refractivity contribution < 1.29 is 4.52 Å². The van der Waals surface area contributed by atoms with Crippen molar-refractivity contribution in [2.45, 2.75) is 0 Å². The zero-order valence-electron chi connectivity index (χ0n) is 10.8. The van der Waals surface area contributed by atoms with Crippen LogP contribution in [0.1, 0.15) is 11.5 Å². The van der Waals surface area contributed by atoms with Crippen LogP contribution in [-0.4, -0.2) is 10.1 Å². The number of rotatable bonds is 3. The molecule has 1 aromatic heterocycles. The molecule has 3 nitrogen and oxygen atoms in total. The van der Waals surface area contributed by atoms with Gasteiger partial charge < -0.3 is 4.52 Å². The van der Waals surface area contributed by atoms with E-state index >= 15 is 0 Å². The summed E-state index contributed by atoms with van der Waals surface area (Å²) in [4.78, 5) is 4.31. The van der Waals surface area contributed by atoms with Crippen LogP contribution in [0.25, 0.3) is 22.5 Å². The number of benzene rings is 2. The highest BCUT2D eigenvalue weighted by Crippen LogP contribution is 2.24. The molecule has 0 spiro atoms. The Morgan fingerprint density at radius 3 is 2.67 bits per heavy atom. The molecule has 21 heavy (non-hydrogen) atoms. The van der Waals surface area contributed by atoms with E-state index < -0.39 is 0 Å². The average Bonchev–Trinajstić information content (AvgIpc) is 2.98. The molecule has 104 valence electrons. The van der Waals surface area contributed by atoms with Gasteiger partial charge in [-0.2, -0.15) is 4.98 Å². The van der Waals surface area contributed by atoms with Gasteiger partial charge in [0.05, 0.1) is 0 Å². The standard InChI is InChI=1S/C16H10BrClN2O/c17-13-8-4-5-11(9-13)10-14(18)16-19-15(20-21-16)12-6-2-1-3-7-12/h1-10H/b14-10-. The Balaban J connectivity index is 1.89. The molecule has 0 saturated heterocycles. The Morgan fingerprint density at radius 1 is 1.10 bits per heavy atom. The van der Waals surface area contributed by atoms with Gasteiger partial charge in [-0.3, -0.25) is 0 Å². The molecule has 5 heteroatoms. The summed E-state index contributed by atoms with van der Waals surface area (Å²) in [5, 5.41) is 4.35. The largest absolute Gasteiger partial charge is 0.333 e. The van der Waals surface area contributed by atoms with Gasteiger partial charge in [0.1, 0.15) is 5.03 Å². The summed E-state index contributed by atoms with van der Waals surface area (Å²) in [5.74, 6) is 0.821. The van der Waals surface area contributed by atoms with Crippen LogP contribution in [0.5, 0.6) is 0 Å². The van der Waals surface area contributed by atoms with Crippen molar-refractivity contribution in [1.82, 2.24) is 10.1 Å². The zero-order chi connectivity index (χ0) is 14.7. The van der Waals surface area contributed by atoms with E-state index in [2.05, 4.69) is 26.1 Å². The van der Waals surface area contributed by atoms with Crippen LogP contribution in [0.2, 0.25) is 0 Å². The maximum absolute atomic E-state index is 6.24. The molecular formula is C16H10BrClN2O. The molecule has 0 aliphatic carbocycles. The van der Waals surface area contributed by atoms with Gasteiger partial charge in [-0.1, -0.05) is 75.2 Å². The highest BCUT2D eigenvalue weighted by molar-refractivity contribution is 9.10. The third-order valence-corrected chi connectivity index (χ3v) is 3.57. The second-order valence-electron chi connectivity index (χ2n) is 4.34. The molecule has 0 aliphatic heterocycles. The fourth-order valence-corrected chi connectivity index (χ4v) is 2.45. The first-order valence-electron chi connectivity index (χ1n) is 6.24. The van der Waals surface area contributed by atoms with Crippen molar-refractivity contribution in [1.29, 1.82) is 0 Å². The van der Waals surface area contributed by atoms with E-state index in [0.717, 1.165) is 15.6 Å². The van der Waals surface area contributed by atoms with Crippen molar-refractivity contribution >= 4 is 38.6 Å². The minimum Gasteiger partial charge on any atom is -0.333 e. The highest BCUT2D eigenvalue weighted by atomic mass is 79.9. The van der Waals surface area contributed by atoms with Gasteiger partial charge in [-0.25, -0.2) is 0 Å². The van der Waals surface area contributed by atoms with Crippen molar-refractivity contribution in [2.24, 2.45) is 0 Å². The van der Waals surface area contributed by atoms with Gasteiger partial charge in [-0.15, -0.1) is 0 Å². The van der Waals surface area contributed by atoms with Gasteiger partial charge >= 0.3 is 0 Å². The average molecular weight is 362 g/mol. The van der Waals surface area contributed by atoms with E-state index in [1.165, 1.54) is 0 Å². The molecule has 3 rings (SSSR count). The summed E-state index contributed by atoms with van der Waals surface area (Å²) < 4.78 is 6.19. The quantitative estimate of drug-likeness (QED) is 0.640. The lowest BCUT2D eigenvalue weighted by molar-refractivity contribution is 0.410. The van der Waals surface area contributed by atoms with Gasteiger partial charge in [0.25, 0.3) is 5.89 Å². The van der Waals surface area contributed by atoms with Crippen LogP contribution in [0.15, 0.2) is 63.6 Å². The van der Waals surface area contributed by atoms with Gasteiger partial charge in [0, 0.05) is 10.0 Å². The summed E-state index contributed by atoms with van der Waals surface area (Å²) in [6.07, 6.45) is 1.79. The van der Waals surface area contributed by atoms with Crippen LogP contribution in [0, 0.1) is 0 Å². The number of halogens is 2. The third kappa shape index (κ3) is 3.40. The first-order chi connectivity index (χ1) is 10.2. The minimum atomic E-state index is 0.301. The summed E-state index contributed by atoms with van der Waals surface area (Å²) in [7, 11) is 0. The molecule has 0 radical (unpaired) electrons.